The minimum Gasteiger partial charge on any atom is -0.495 e. The van der Waals surface area contributed by atoms with Gasteiger partial charge >= 0.3 is 6.03 Å². The summed E-state index contributed by atoms with van der Waals surface area (Å²) in [5.41, 5.74) is 0.818. The van der Waals surface area contributed by atoms with Crippen molar-refractivity contribution in [3.63, 3.8) is 0 Å². The average Bonchev–Trinajstić information content (AvgIpc) is 2.54. The normalized spacial score (nSPS) is 20.5. The Morgan fingerprint density at radius 1 is 1.42 bits per heavy atom. The number of hydrogen-bond acceptors (Lipinski definition) is 5. The second-order valence-electron chi connectivity index (χ2n) is 6.14. The molecular formula is C16H24N4O4. The van der Waals surface area contributed by atoms with E-state index in [1.165, 1.54) is 4.90 Å². The van der Waals surface area contributed by atoms with Crippen molar-refractivity contribution < 1.29 is 19.4 Å². The zero-order valence-electron chi connectivity index (χ0n) is 14.2. The van der Waals surface area contributed by atoms with Gasteiger partial charge in [0.1, 0.15) is 5.75 Å². The van der Waals surface area contributed by atoms with Gasteiger partial charge < -0.3 is 25.4 Å². The summed E-state index contributed by atoms with van der Waals surface area (Å²) in [5, 5.41) is 15.0. The van der Waals surface area contributed by atoms with Gasteiger partial charge in [-0.2, -0.15) is 0 Å². The summed E-state index contributed by atoms with van der Waals surface area (Å²) >= 11 is 0. The Morgan fingerprint density at radius 2 is 2.12 bits per heavy atom. The van der Waals surface area contributed by atoms with E-state index >= 15 is 0 Å². The van der Waals surface area contributed by atoms with Crippen LogP contribution >= 0.6 is 0 Å². The van der Waals surface area contributed by atoms with E-state index in [1.54, 1.807) is 33.6 Å². The number of aliphatic hydroxyl groups excluding tert-OH is 1. The maximum absolute atomic E-state index is 12.2. The Balaban J connectivity index is 2.03. The van der Waals surface area contributed by atoms with Crippen LogP contribution in [0.2, 0.25) is 0 Å². The molecule has 0 radical (unpaired) electrons. The van der Waals surface area contributed by atoms with Crippen LogP contribution in [0.3, 0.4) is 0 Å². The van der Waals surface area contributed by atoms with Crippen molar-refractivity contribution in [3.8, 4) is 5.75 Å². The number of carbonyl (C=O) groups excluding carboxylic acids is 2. The highest BCUT2D eigenvalue weighted by atomic mass is 16.5. The molecule has 3 N–H and O–H groups in total. The van der Waals surface area contributed by atoms with Gasteiger partial charge in [-0.3, -0.25) is 9.78 Å². The summed E-state index contributed by atoms with van der Waals surface area (Å²) in [6.07, 6.45) is 4.17. The molecule has 24 heavy (non-hydrogen) atoms. The Labute approximate surface area is 141 Å². The number of methoxy groups -OCH3 is 1. The summed E-state index contributed by atoms with van der Waals surface area (Å²) in [5.74, 6) is 0.439. The summed E-state index contributed by atoms with van der Waals surface area (Å²) in [6.45, 7) is -0.111. The largest absolute Gasteiger partial charge is 0.495 e. The molecule has 0 aromatic carbocycles. The minimum absolute atomic E-state index is 0.111. The highest BCUT2D eigenvalue weighted by Gasteiger charge is 2.36. The molecule has 1 fully saturated rings. The lowest BCUT2D eigenvalue weighted by Gasteiger charge is -2.38. The average molecular weight is 336 g/mol. The topological polar surface area (TPSA) is 104 Å². The summed E-state index contributed by atoms with van der Waals surface area (Å²) < 4.78 is 5.18. The third kappa shape index (κ3) is 4.58. The number of nitrogens with zero attached hydrogens (tertiary/aromatic N) is 2. The lowest BCUT2D eigenvalue weighted by molar-refractivity contribution is -0.122. The molecule has 1 heterocycles. The molecule has 0 spiro atoms. The lowest BCUT2D eigenvalue weighted by Crippen LogP contribution is -2.46. The van der Waals surface area contributed by atoms with Gasteiger partial charge in [-0.25, -0.2) is 4.79 Å². The first-order valence-corrected chi connectivity index (χ1v) is 7.82. The number of nitrogens with one attached hydrogen (secondary N) is 2. The Kier molecular flexibility index (Phi) is 5.97. The SMILES string of the molecule is COc1cncc(C(NC(=O)CNC(=O)N(C)C)C2CC(O)C2)c1. The predicted molar refractivity (Wildman–Crippen MR) is 87.5 cm³/mol. The van der Waals surface area contributed by atoms with E-state index in [-0.39, 0.29) is 36.5 Å². The smallest absolute Gasteiger partial charge is 0.317 e. The van der Waals surface area contributed by atoms with Crippen molar-refractivity contribution in [1.82, 2.24) is 20.5 Å². The monoisotopic (exact) mass is 336 g/mol. The second kappa shape index (κ2) is 7.96. The van der Waals surface area contributed by atoms with Crippen molar-refractivity contribution in [1.29, 1.82) is 0 Å². The van der Waals surface area contributed by atoms with E-state index in [1.807, 2.05) is 6.07 Å². The molecule has 1 aromatic rings. The van der Waals surface area contributed by atoms with Gasteiger partial charge in [0.2, 0.25) is 5.91 Å². The van der Waals surface area contributed by atoms with Crippen LogP contribution in [0.1, 0.15) is 24.4 Å². The molecule has 8 heteroatoms. The fourth-order valence-electron chi connectivity index (χ4n) is 2.63. The lowest BCUT2D eigenvalue weighted by atomic mass is 9.75. The van der Waals surface area contributed by atoms with E-state index < -0.39 is 0 Å². The quantitative estimate of drug-likeness (QED) is 0.693. The highest BCUT2D eigenvalue weighted by Crippen LogP contribution is 2.38. The van der Waals surface area contributed by atoms with Crippen LogP contribution in [0.15, 0.2) is 18.5 Å². The molecule has 3 amide bonds. The Morgan fingerprint density at radius 3 is 2.71 bits per heavy atom. The number of amides is 3. The second-order valence-corrected chi connectivity index (χ2v) is 6.14. The van der Waals surface area contributed by atoms with Gasteiger partial charge in [0, 0.05) is 20.3 Å². The number of aliphatic hydroxyl groups is 1. The van der Waals surface area contributed by atoms with Crippen LogP contribution in [0.4, 0.5) is 4.79 Å². The van der Waals surface area contributed by atoms with E-state index in [0.717, 1.165) is 5.56 Å². The summed E-state index contributed by atoms with van der Waals surface area (Å²) in [4.78, 5) is 29.2. The van der Waals surface area contributed by atoms with Crippen molar-refractivity contribution in [3.05, 3.63) is 24.0 Å². The standard InChI is InChI=1S/C16H24N4O4/c1-20(2)16(23)18-9-14(22)19-15(10-4-12(21)5-10)11-6-13(24-3)8-17-7-11/h6-8,10,12,15,21H,4-5,9H2,1-3H3,(H,18,23)(H,19,22). The van der Waals surface area contributed by atoms with Crippen molar-refractivity contribution in [2.24, 2.45) is 5.92 Å². The number of ether oxygens (including phenoxy) is 1. The molecule has 1 saturated carbocycles. The number of urea groups is 1. The molecule has 1 aliphatic carbocycles. The number of hydrogen-bond donors (Lipinski definition) is 3. The van der Waals surface area contributed by atoms with E-state index in [4.69, 9.17) is 4.74 Å². The highest BCUT2D eigenvalue weighted by molar-refractivity contribution is 5.84. The third-order valence-electron chi connectivity index (χ3n) is 4.07. The zero-order valence-corrected chi connectivity index (χ0v) is 14.2. The molecule has 1 unspecified atom stereocenters. The molecule has 0 aliphatic heterocycles. The van der Waals surface area contributed by atoms with Crippen molar-refractivity contribution in [2.75, 3.05) is 27.7 Å². The van der Waals surface area contributed by atoms with Crippen LogP contribution in [-0.2, 0) is 4.79 Å². The van der Waals surface area contributed by atoms with E-state index in [2.05, 4.69) is 15.6 Å². The molecule has 1 aliphatic rings. The third-order valence-corrected chi connectivity index (χ3v) is 4.07. The van der Waals surface area contributed by atoms with Gasteiger partial charge in [0.05, 0.1) is 32.0 Å². The first-order chi connectivity index (χ1) is 11.4. The van der Waals surface area contributed by atoms with Gasteiger partial charge in [-0.05, 0) is 30.4 Å². The van der Waals surface area contributed by atoms with Crippen molar-refractivity contribution in [2.45, 2.75) is 25.0 Å². The minimum atomic E-state index is -0.332. The Hall–Kier alpha value is -2.35. The van der Waals surface area contributed by atoms with Crippen molar-refractivity contribution >= 4 is 11.9 Å². The summed E-state index contributed by atoms with van der Waals surface area (Å²) in [6, 6.07) is 1.21. The first kappa shape index (κ1) is 18.0. The fraction of sp³-hybridized carbons (Fsp3) is 0.562. The van der Waals surface area contributed by atoms with Crippen LogP contribution in [0.5, 0.6) is 5.75 Å². The number of pyridine rings is 1. The van der Waals surface area contributed by atoms with E-state index in [0.29, 0.717) is 18.6 Å². The van der Waals surface area contributed by atoms with Crippen LogP contribution in [-0.4, -0.2) is 60.8 Å². The molecule has 1 atom stereocenters. The molecule has 8 nitrogen and oxygen atoms in total. The zero-order chi connectivity index (χ0) is 17.7. The molecular weight excluding hydrogens is 312 g/mol. The predicted octanol–water partition coefficient (Wildman–Crippen LogP) is 0.290. The van der Waals surface area contributed by atoms with Gasteiger partial charge in [-0.15, -0.1) is 0 Å². The van der Waals surface area contributed by atoms with Gasteiger partial charge in [0.15, 0.2) is 0 Å². The fourth-order valence-corrected chi connectivity index (χ4v) is 2.63. The Bertz CT molecular complexity index is 587. The van der Waals surface area contributed by atoms with E-state index in [9.17, 15) is 14.7 Å². The van der Waals surface area contributed by atoms with Crippen LogP contribution in [0, 0.1) is 5.92 Å². The van der Waals surface area contributed by atoms with Crippen LogP contribution < -0.4 is 15.4 Å². The first-order valence-electron chi connectivity index (χ1n) is 7.82. The number of aromatic nitrogens is 1. The molecule has 2 rings (SSSR count). The van der Waals surface area contributed by atoms with Gasteiger partial charge in [0.25, 0.3) is 0 Å². The number of rotatable bonds is 6. The molecule has 1 aromatic heterocycles. The maximum Gasteiger partial charge on any atom is 0.317 e. The molecule has 0 saturated heterocycles. The van der Waals surface area contributed by atoms with Gasteiger partial charge in [-0.1, -0.05) is 0 Å². The number of carbonyl (C=O) groups is 2. The maximum atomic E-state index is 12.2. The molecule has 132 valence electrons. The van der Waals surface area contributed by atoms with Crippen LogP contribution in [0.25, 0.3) is 0 Å². The molecule has 0 bridgehead atoms. The summed E-state index contributed by atoms with van der Waals surface area (Å²) in [7, 11) is 4.76.